The summed E-state index contributed by atoms with van der Waals surface area (Å²) in [6, 6.07) is 0. The van der Waals surface area contributed by atoms with Crippen LogP contribution in [0.25, 0.3) is 0 Å². The Hall–Kier alpha value is 0.264. The molecule has 137 valence electrons. The van der Waals surface area contributed by atoms with Crippen molar-refractivity contribution in [3.63, 3.8) is 0 Å². The normalized spacial score (nSPS) is 15.0. The molecule has 0 saturated carbocycles. The average molecular weight is 367 g/mol. The van der Waals surface area contributed by atoms with E-state index >= 15 is 0 Å². The second kappa shape index (κ2) is 17.1. The van der Waals surface area contributed by atoms with Gasteiger partial charge in [0.15, 0.2) is 0 Å². The average Bonchev–Trinajstić information content (AvgIpc) is 3.31. The Kier molecular flexibility index (Phi) is 17.3. The predicted molar refractivity (Wildman–Crippen MR) is 87.4 cm³/mol. The molecule has 1 saturated heterocycles. The second-order valence-electron chi connectivity index (χ2n) is 6.58. The first-order valence-corrected chi connectivity index (χ1v) is 10.1. The number of hydrogen-bond acceptors (Lipinski definition) is 4. The van der Waals surface area contributed by atoms with E-state index in [1.54, 1.807) is 0 Å². The van der Waals surface area contributed by atoms with Crippen molar-refractivity contribution in [1.29, 1.82) is 0 Å². The Morgan fingerprint density at radius 1 is 0.652 bits per heavy atom. The predicted octanol–water partition coefficient (Wildman–Crippen LogP) is 5.73. The van der Waals surface area contributed by atoms with Crippen LogP contribution in [-0.2, 0) is 30.8 Å². The van der Waals surface area contributed by atoms with Gasteiger partial charge in [0.25, 0.3) is 0 Å². The Bertz CT molecular complexity index is 247. The molecule has 1 aliphatic rings. The maximum absolute atomic E-state index is 9.29. The molecule has 1 N–H and O–H groups in total. The van der Waals surface area contributed by atoms with Crippen LogP contribution in [-0.4, -0.2) is 11.1 Å². The molecule has 0 radical (unpaired) electrons. The minimum atomic E-state index is -1.21. The van der Waals surface area contributed by atoms with Gasteiger partial charge < -0.3 is 5.11 Å². The van der Waals surface area contributed by atoms with Crippen molar-refractivity contribution in [2.45, 2.75) is 116 Å². The van der Waals surface area contributed by atoms with Crippen molar-refractivity contribution in [3.05, 3.63) is 0 Å². The number of rotatable bonds is 16. The fourth-order valence-electron chi connectivity index (χ4n) is 2.85. The SMILES string of the molecule is CCCCCCCCCCCCCCCCCC1(O)OO1.[O]=[V]. The molecule has 1 rings (SSSR count). The van der Waals surface area contributed by atoms with E-state index in [0.29, 0.717) is 6.42 Å². The van der Waals surface area contributed by atoms with Gasteiger partial charge in [-0.1, -0.05) is 96.8 Å². The molecular formula is C18H36O4V. The van der Waals surface area contributed by atoms with Crippen molar-refractivity contribution >= 4 is 0 Å². The number of hydrogen-bond donors (Lipinski definition) is 1. The summed E-state index contributed by atoms with van der Waals surface area (Å²) >= 11 is 1.06. The van der Waals surface area contributed by atoms with Crippen molar-refractivity contribution in [2.24, 2.45) is 0 Å². The van der Waals surface area contributed by atoms with E-state index in [1.807, 2.05) is 0 Å². The van der Waals surface area contributed by atoms with Crippen LogP contribution in [0.1, 0.15) is 110 Å². The summed E-state index contributed by atoms with van der Waals surface area (Å²) in [7, 11) is 0. The monoisotopic (exact) mass is 367 g/mol. The summed E-state index contributed by atoms with van der Waals surface area (Å²) in [5.41, 5.74) is 0. The van der Waals surface area contributed by atoms with Gasteiger partial charge in [-0.25, -0.2) is 0 Å². The first-order chi connectivity index (χ1) is 11.3. The van der Waals surface area contributed by atoms with Crippen molar-refractivity contribution in [2.75, 3.05) is 0 Å². The molecular weight excluding hydrogens is 331 g/mol. The zero-order valence-electron chi connectivity index (χ0n) is 14.9. The first-order valence-electron chi connectivity index (χ1n) is 9.54. The van der Waals surface area contributed by atoms with E-state index < -0.39 is 5.97 Å². The minimum absolute atomic E-state index is 0.616. The van der Waals surface area contributed by atoms with Gasteiger partial charge in [0, 0.05) is 6.42 Å². The molecule has 1 heterocycles. The van der Waals surface area contributed by atoms with E-state index in [-0.39, 0.29) is 0 Å². The van der Waals surface area contributed by atoms with Gasteiger partial charge in [-0.3, -0.25) is 0 Å². The summed E-state index contributed by atoms with van der Waals surface area (Å²) in [5, 5.41) is 9.29. The molecule has 0 unspecified atom stereocenters. The Morgan fingerprint density at radius 2 is 0.957 bits per heavy atom. The summed E-state index contributed by atoms with van der Waals surface area (Å²) in [6.07, 6.45) is 21.0. The molecule has 1 aliphatic heterocycles. The van der Waals surface area contributed by atoms with Crippen molar-refractivity contribution in [3.8, 4) is 0 Å². The molecule has 23 heavy (non-hydrogen) atoms. The molecule has 0 aliphatic carbocycles. The van der Waals surface area contributed by atoms with Crippen LogP contribution < -0.4 is 0 Å². The quantitative estimate of drug-likeness (QED) is 0.215. The van der Waals surface area contributed by atoms with E-state index in [0.717, 1.165) is 23.8 Å². The van der Waals surface area contributed by atoms with Gasteiger partial charge in [0.2, 0.25) is 0 Å². The van der Waals surface area contributed by atoms with Gasteiger partial charge in [-0.2, -0.15) is 9.78 Å². The number of unbranched alkanes of at least 4 members (excludes halogenated alkanes) is 14. The molecule has 1 fully saturated rings. The molecule has 4 nitrogen and oxygen atoms in total. The molecule has 0 atom stereocenters. The maximum atomic E-state index is 9.29. The van der Waals surface area contributed by atoms with Gasteiger partial charge in [-0.05, 0) is 6.42 Å². The molecule has 0 bridgehead atoms. The van der Waals surface area contributed by atoms with Crippen LogP contribution >= 0.6 is 0 Å². The Balaban J connectivity index is 0.00000232. The molecule has 0 aromatic rings. The van der Waals surface area contributed by atoms with Gasteiger partial charge >= 0.3 is 27.0 Å². The van der Waals surface area contributed by atoms with Crippen LogP contribution in [0.4, 0.5) is 0 Å². The van der Waals surface area contributed by atoms with Gasteiger partial charge in [0.1, 0.15) is 0 Å². The topological polar surface area (TPSA) is 62.4 Å². The van der Waals surface area contributed by atoms with Crippen molar-refractivity contribution < 1.29 is 35.9 Å². The fraction of sp³-hybridized carbons (Fsp3) is 1.00. The molecule has 0 spiro atoms. The third kappa shape index (κ3) is 16.9. The Labute approximate surface area is 151 Å². The van der Waals surface area contributed by atoms with Gasteiger partial charge in [-0.15, -0.1) is 0 Å². The summed E-state index contributed by atoms with van der Waals surface area (Å²) in [5.74, 6) is -1.21. The van der Waals surface area contributed by atoms with Crippen LogP contribution in [0.2, 0.25) is 0 Å². The molecule has 0 amide bonds. The first kappa shape index (κ1) is 23.3. The molecule has 5 heteroatoms. The third-order valence-electron chi connectivity index (χ3n) is 4.37. The third-order valence-corrected chi connectivity index (χ3v) is 4.37. The van der Waals surface area contributed by atoms with Gasteiger partial charge in [0.05, 0.1) is 0 Å². The van der Waals surface area contributed by atoms with Crippen LogP contribution in [0, 0.1) is 0 Å². The Morgan fingerprint density at radius 3 is 1.26 bits per heavy atom. The summed E-state index contributed by atoms with van der Waals surface area (Å²) in [6.45, 7) is 2.28. The van der Waals surface area contributed by atoms with E-state index in [4.69, 9.17) is 3.67 Å². The zero-order chi connectivity index (χ0) is 17.2. The molecule has 0 aromatic heterocycles. The van der Waals surface area contributed by atoms with E-state index in [2.05, 4.69) is 16.7 Å². The fourth-order valence-corrected chi connectivity index (χ4v) is 2.85. The summed E-state index contributed by atoms with van der Waals surface area (Å²) < 4.78 is 8.19. The van der Waals surface area contributed by atoms with Crippen LogP contribution in [0.5, 0.6) is 0 Å². The molecule has 0 aromatic carbocycles. The second-order valence-corrected chi connectivity index (χ2v) is 6.58. The number of aliphatic hydroxyl groups is 1. The van der Waals surface area contributed by atoms with Crippen LogP contribution in [0.15, 0.2) is 0 Å². The van der Waals surface area contributed by atoms with E-state index in [9.17, 15) is 5.11 Å². The van der Waals surface area contributed by atoms with E-state index in [1.165, 1.54) is 89.9 Å². The van der Waals surface area contributed by atoms with Crippen molar-refractivity contribution in [1.82, 2.24) is 0 Å². The van der Waals surface area contributed by atoms with Crippen LogP contribution in [0.3, 0.4) is 0 Å². The summed E-state index contributed by atoms with van der Waals surface area (Å²) in [4.78, 5) is 8.94. The standard InChI is InChI=1S/C18H36O3.O.V/c1-2-3-4-5-6-7-8-9-10-11-12-13-14-15-16-17-18(19)20-21-18;;/h19H,2-17H2,1H3;;. The zero-order valence-corrected chi connectivity index (χ0v) is 16.3.